The van der Waals surface area contributed by atoms with Crippen molar-refractivity contribution in [3.63, 3.8) is 0 Å². The third-order valence-corrected chi connectivity index (χ3v) is 6.13. The number of benzene rings is 2. The number of carbonyl (C=O) groups is 3. The summed E-state index contributed by atoms with van der Waals surface area (Å²) in [5.74, 6) is -1.65. The maximum Gasteiger partial charge on any atom is 0.326 e. The van der Waals surface area contributed by atoms with Crippen LogP contribution >= 0.6 is 12.6 Å². The Bertz CT molecular complexity index is 963. The van der Waals surface area contributed by atoms with Gasteiger partial charge >= 0.3 is 5.97 Å². The molecular weight excluding hydrogens is 424 g/mol. The number of nitrogens with zero attached hydrogens (tertiary/aromatic N) is 1. The molecule has 7 heteroatoms. The molecule has 1 heterocycles. The number of aliphatic carboxylic acids is 1. The molecule has 0 saturated heterocycles. The summed E-state index contributed by atoms with van der Waals surface area (Å²) in [5.41, 5.74) is 2.81. The Morgan fingerprint density at radius 3 is 2.34 bits per heavy atom. The second kappa shape index (κ2) is 10.7. The molecule has 2 aromatic rings. The van der Waals surface area contributed by atoms with Gasteiger partial charge in [-0.05, 0) is 35.4 Å². The van der Waals surface area contributed by atoms with Gasteiger partial charge in [0.15, 0.2) is 0 Å². The van der Waals surface area contributed by atoms with Gasteiger partial charge in [-0.1, -0.05) is 68.4 Å². The zero-order chi connectivity index (χ0) is 23.3. The van der Waals surface area contributed by atoms with Crippen molar-refractivity contribution in [3.8, 4) is 0 Å². The SMILES string of the molecule is CC(C)C[C@@H](C(=O)O)N1Cc2ccccc2C[C@H](NC(=O)[C@@H](S)Cc2ccccc2)C1=O. The van der Waals surface area contributed by atoms with Crippen LogP contribution in [0.25, 0.3) is 0 Å². The van der Waals surface area contributed by atoms with E-state index in [9.17, 15) is 19.5 Å². The van der Waals surface area contributed by atoms with E-state index in [0.717, 1.165) is 16.7 Å². The Hall–Kier alpha value is -2.80. The lowest BCUT2D eigenvalue weighted by atomic mass is 10.0. The standard InChI is InChI=1S/C25H30N2O4S/c1-16(2)12-21(25(30)31)27-15-19-11-7-6-10-18(19)14-20(24(27)29)26-23(28)22(32)13-17-8-4-3-5-9-17/h3-11,16,20-22,32H,12-15H2,1-2H3,(H,26,28)(H,30,31)/t20-,21-,22-/m0/s1. The van der Waals surface area contributed by atoms with Gasteiger partial charge in [-0.2, -0.15) is 12.6 Å². The van der Waals surface area contributed by atoms with Crippen molar-refractivity contribution < 1.29 is 19.5 Å². The molecule has 0 spiro atoms. The summed E-state index contributed by atoms with van der Waals surface area (Å²) < 4.78 is 0. The number of fused-ring (bicyclic) bond motifs is 1. The molecule has 0 fully saturated rings. The van der Waals surface area contributed by atoms with E-state index in [4.69, 9.17) is 0 Å². The van der Waals surface area contributed by atoms with Crippen molar-refractivity contribution in [1.82, 2.24) is 10.2 Å². The lowest BCUT2D eigenvalue weighted by Crippen LogP contribution is -2.54. The van der Waals surface area contributed by atoms with E-state index in [1.54, 1.807) is 0 Å². The molecule has 0 unspecified atom stereocenters. The average molecular weight is 455 g/mol. The van der Waals surface area contributed by atoms with Crippen molar-refractivity contribution in [1.29, 1.82) is 0 Å². The molecule has 1 aliphatic heterocycles. The fourth-order valence-electron chi connectivity index (χ4n) is 4.06. The lowest BCUT2D eigenvalue weighted by molar-refractivity contribution is -0.152. The number of carboxylic acid groups (broad SMARTS) is 1. The van der Waals surface area contributed by atoms with Gasteiger partial charge in [-0.25, -0.2) is 4.79 Å². The molecule has 32 heavy (non-hydrogen) atoms. The van der Waals surface area contributed by atoms with Crippen LogP contribution in [0.4, 0.5) is 0 Å². The number of carbonyl (C=O) groups excluding carboxylic acids is 2. The van der Waals surface area contributed by atoms with Gasteiger partial charge in [0.05, 0.1) is 5.25 Å². The molecule has 3 atom stereocenters. The van der Waals surface area contributed by atoms with Crippen LogP contribution in [-0.4, -0.2) is 45.1 Å². The maximum atomic E-state index is 13.5. The van der Waals surface area contributed by atoms with Gasteiger partial charge in [-0.3, -0.25) is 9.59 Å². The van der Waals surface area contributed by atoms with Crippen LogP contribution in [0.1, 0.15) is 37.0 Å². The number of hydrogen-bond donors (Lipinski definition) is 3. The van der Waals surface area contributed by atoms with Crippen molar-refractivity contribution in [2.45, 2.75) is 57.0 Å². The number of nitrogens with one attached hydrogen (secondary N) is 1. The van der Waals surface area contributed by atoms with Gasteiger partial charge in [0, 0.05) is 13.0 Å². The predicted octanol–water partition coefficient (Wildman–Crippen LogP) is 3.10. The van der Waals surface area contributed by atoms with Crippen LogP contribution in [0.2, 0.25) is 0 Å². The summed E-state index contributed by atoms with van der Waals surface area (Å²) in [6, 6.07) is 15.4. The monoisotopic (exact) mass is 454 g/mol. The first kappa shape index (κ1) is 23.9. The predicted molar refractivity (Wildman–Crippen MR) is 126 cm³/mol. The van der Waals surface area contributed by atoms with Crippen LogP contribution < -0.4 is 5.32 Å². The minimum atomic E-state index is -1.03. The Labute approximate surface area is 194 Å². The van der Waals surface area contributed by atoms with Gasteiger partial charge in [0.1, 0.15) is 12.1 Å². The van der Waals surface area contributed by atoms with Crippen LogP contribution in [0.5, 0.6) is 0 Å². The summed E-state index contributed by atoms with van der Waals surface area (Å²) in [6.45, 7) is 4.07. The maximum absolute atomic E-state index is 13.5. The molecule has 0 bridgehead atoms. The molecule has 2 amide bonds. The smallest absolute Gasteiger partial charge is 0.326 e. The van der Waals surface area contributed by atoms with Crippen molar-refractivity contribution in [3.05, 3.63) is 71.3 Å². The van der Waals surface area contributed by atoms with E-state index < -0.39 is 23.3 Å². The van der Waals surface area contributed by atoms with Crippen LogP contribution in [0, 0.1) is 5.92 Å². The van der Waals surface area contributed by atoms with Crippen molar-refractivity contribution in [2.75, 3.05) is 0 Å². The third kappa shape index (κ3) is 5.91. The van der Waals surface area contributed by atoms with E-state index >= 15 is 0 Å². The summed E-state index contributed by atoms with van der Waals surface area (Å²) in [6.07, 6.45) is 1.09. The molecular formula is C25H30N2O4S. The highest BCUT2D eigenvalue weighted by Gasteiger charge is 2.38. The normalized spacial score (nSPS) is 17.9. The van der Waals surface area contributed by atoms with E-state index in [2.05, 4.69) is 17.9 Å². The highest BCUT2D eigenvalue weighted by atomic mass is 32.1. The van der Waals surface area contributed by atoms with E-state index in [1.165, 1.54) is 4.90 Å². The molecule has 0 radical (unpaired) electrons. The molecule has 2 aromatic carbocycles. The van der Waals surface area contributed by atoms with Crippen LogP contribution in [0.15, 0.2) is 54.6 Å². The topological polar surface area (TPSA) is 86.7 Å². The first-order valence-electron chi connectivity index (χ1n) is 10.9. The number of rotatable bonds is 8. The quantitative estimate of drug-likeness (QED) is 0.535. The van der Waals surface area contributed by atoms with Gasteiger partial charge in [0.2, 0.25) is 11.8 Å². The first-order chi connectivity index (χ1) is 15.3. The zero-order valence-corrected chi connectivity index (χ0v) is 19.3. The van der Waals surface area contributed by atoms with Gasteiger partial charge in [0.25, 0.3) is 0 Å². The Morgan fingerprint density at radius 1 is 1.09 bits per heavy atom. The lowest BCUT2D eigenvalue weighted by Gasteiger charge is -2.31. The Kier molecular flexibility index (Phi) is 7.96. The number of amides is 2. The Morgan fingerprint density at radius 2 is 1.72 bits per heavy atom. The fraction of sp³-hybridized carbons (Fsp3) is 0.400. The molecule has 3 rings (SSSR count). The van der Waals surface area contributed by atoms with E-state index in [-0.39, 0.29) is 24.3 Å². The van der Waals surface area contributed by atoms with Gasteiger partial charge in [-0.15, -0.1) is 0 Å². The van der Waals surface area contributed by atoms with E-state index in [0.29, 0.717) is 19.3 Å². The highest BCUT2D eigenvalue weighted by molar-refractivity contribution is 7.81. The Balaban J connectivity index is 1.84. The molecule has 170 valence electrons. The first-order valence-corrected chi connectivity index (χ1v) is 11.4. The molecule has 0 saturated carbocycles. The number of carboxylic acids is 1. The molecule has 6 nitrogen and oxygen atoms in total. The zero-order valence-electron chi connectivity index (χ0n) is 18.4. The largest absolute Gasteiger partial charge is 0.480 e. The molecule has 0 aromatic heterocycles. The van der Waals surface area contributed by atoms with Crippen LogP contribution in [0.3, 0.4) is 0 Å². The highest BCUT2D eigenvalue weighted by Crippen LogP contribution is 2.24. The summed E-state index contributed by atoms with van der Waals surface area (Å²) in [5, 5.41) is 12.1. The molecule has 1 aliphatic rings. The summed E-state index contributed by atoms with van der Waals surface area (Å²) in [4.78, 5) is 39.8. The summed E-state index contributed by atoms with van der Waals surface area (Å²) >= 11 is 4.46. The minimum Gasteiger partial charge on any atom is -0.480 e. The van der Waals surface area contributed by atoms with E-state index in [1.807, 2.05) is 68.4 Å². The summed E-state index contributed by atoms with van der Waals surface area (Å²) in [7, 11) is 0. The second-order valence-corrected chi connectivity index (χ2v) is 9.31. The second-order valence-electron chi connectivity index (χ2n) is 8.69. The molecule has 0 aliphatic carbocycles. The average Bonchev–Trinajstić information content (AvgIpc) is 2.89. The van der Waals surface area contributed by atoms with Crippen LogP contribution in [-0.2, 0) is 33.8 Å². The van der Waals surface area contributed by atoms with Crippen molar-refractivity contribution in [2.24, 2.45) is 5.92 Å². The third-order valence-electron chi connectivity index (χ3n) is 5.71. The number of thiol groups is 1. The minimum absolute atomic E-state index is 0.100. The van der Waals surface area contributed by atoms with Crippen molar-refractivity contribution >= 4 is 30.4 Å². The number of hydrogen-bond acceptors (Lipinski definition) is 4. The fourth-order valence-corrected chi connectivity index (χ4v) is 4.35. The van der Waals surface area contributed by atoms with Gasteiger partial charge < -0.3 is 15.3 Å². The molecule has 2 N–H and O–H groups in total.